The van der Waals surface area contributed by atoms with E-state index in [0.717, 1.165) is 6.42 Å². The van der Waals surface area contributed by atoms with Crippen molar-refractivity contribution in [1.82, 2.24) is 14.9 Å². The Bertz CT molecular complexity index is 304. The molecule has 0 bridgehead atoms. The number of carbonyl (C=O) groups is 1. The molecular formula is C10H17N3O. The quantitative estimate of drug-likeness (QED) is 0.784. The van der Waals surface area contributed by atoms with Crippen LogP contribution in [0, 0.1) is 5.92 Å². The summed E-state index contributed by atoms with van der Waals surface area (Å²) < 4.78 is 1.76. The molecule has 1 aromatic heterocycles. The fourth-order valence-electron chi connectivity index (χ4n) is 1.10. The zero-order valence-corrected chi connectivity index (χ0v) is 8.95. The zero-order valence-electron chi connectivity index (χ0n) is 8.95. The second-order valence-electron chi connectivity index (χ2n) is 3.86. The number of carbonyl (C=O) groups excluding carboxylic acids is 1. The van der Waals surface area contributed by atoms with Crippen molar-refractivity contribution in [3.63, 3.8) is 0 Å². The van der Waals surface area contributed by atoms with Gasteiger partial charge in [-0.25, -0.2) is 4.98 Å². The molecule has 0 unspecified atom stereocenters. The average molecular weight is 195 g/mol. The number of nitrogens with zero attached hydrogens (tertiary/aromatic N) is 2. The molecule has 0 atom stereocenters. The summed E-state index contributed by atoms with van der Waals surface area (Å²) in [5, 5.41) is 2.83. The fourth-order valence-corrected chi connectivity index (χ4v) is 1.10. The van der Waals surface area contributed by atoms with Crippen molar-refractivity contribution in [1.29, 1.82) is 0 Å². The van der Waals surface area contributed by atoms with Crippen LogP contribution >= 0.6 is 0 Å². The lowest BCUT2D eigenvalue weighted by atomic mass is 10.1. The van der Waals surface area contributed by atoms with E-state index in [9.17, 15) is 4.79 Å². The summed E-state index contributed by atoms with van der Waals surface area (Å²) in [4.78, 5) is 15.4. The first kappa shape index (κ1) is 10.8. The summed E-state index contributed by atoms with van der Waals surface area (Å²) >= 11 is 0. The van der Waals surface area contributed by atoms with Crippen LogP contribution in [0.1, 0.15) is 30.8 Å². The van der Waals surface area contributed by atoms with E-state index in [-0.39, 0.29) is 5.91 Å². The van der Waals surface area contributed by atoms with Crippen LogP contribution in [0.25, 0.3) is 0 Å². The SMILES string of the molecule is CC(C)CCNC(=O)c1cn(C)cn1. The number of nitrogens with one attached hydrogen (secondary N) is 1. The molecule has 4 heteroatoms. The van der Waals surface area contributed by atoms with Gasteiger partial charge in [-0.15, -0.1) is 0 Å². The molecule has 0 radical (unpaired) electrons. The van der Waals surface area contributed by atoms with Gasteiger partial charge >= 0.3 is 0 Å². The maximum absolute atomic E-state index is 11.5. The number of amides is 1. The molecule has 78 valence electrons. The van der Waals surface area contributed by atoms with Crippen molar-refractivity contribution in [2.24, 2.45) is 13.0 Å². The third kappa shape index (κ3) is 3.20. The standard InChI is InChI=1S/C10H17N3O/c1-8(2)4-5-11-10(14)9-6-13(3)7-12-9/h6-8H,4-5H2,1-3H3,(H,11,14). The molecular weight excluding hydrogens is 178 g/mol. The van der Waals surface area contributed by atoms with E-state index < -0.39 is 0 Å². The van der Waals surface area contributed by atoms with Gasteiger partial charge in [0.05, 0.1) is 6.33 Å². The Hall–Kier alpha value is -1.32. The van der Waals surface area contributed by atoms with Crippen molar-refractivity contribution in [3.8, 4) is 0 Å². The largest absolute Gasteiger partial charge is 0.351 e. The van der Waals surface area contributed by atoms with Crippen LogP contribution in [0.3, 0.4) is 0 Å². The van der Waals surface area contributed by atoms with Crippen LogP contribution in [-0.4, -0.2) is 22.0 Å². The summed E-state index contributed by atoms with van der Waals surface area (Å²) in [6, 6.07) is 0. The van der Waals surface area contributed by atoms with Crippen molar-refractivity contribution in [2.45, 2.75) is 20.3 Å². The van der Waals surface area contributed by atoms with Gasteiger partial charge in [-0.1, -0.05) is 13.8 Å². The molecule has 0 aliphatic carbocycles. The first-order chi connectivity index (χ1) is 6.59. The number of rotatable bonds is 4. The lowest BCUT2D eigenvalue weighted by Crippen LogP contribution is -2.25. The van der Waals surface area contributed by atoms with Gasteiger partial charge in [0.2, 0.25) is 0 Å². The van der Waals surface area contributed by atoms with Crippen LogP contribution < -0.4 is 5.32 Å². The highest BCUT2D eigenvalue weighted by Crippen LogP contribution is 1.98. The lowest BCUT2D eigenvalue weighted by Gasteiger charge is -2.05. The second-order valence-corrected chi connectivity index (χ2v) is 3.86. The third-order valence-electron chi connectivity index (χ3n) is 1.94. The first-order valence-corrected chi connectivity index (χ1v) is 4.85. The van der Waals surface area contributed by atoms with Gasteiger partial charge in [-0.05, 0) is 12.3 Å². The Labute approximate surface area is 84.3 Å². The van der Waals surface area contributed by atoms with E-state index in [1.54, 1.807) is 17.1 Å². The Morgan fingerprint density at radius 3 is 2.86 bits per heavy atom. The minimum Gasteiger partial charge on any atom is -0.351 e. The minimum absolute atomic E-state index is 0.0914. The predicted octanol–water partition coefficient (Wildman–Crippen LogP) is 1.20. The van der Waals surface area contributed by atoms with Crippen LogP contribution in [0.15, 0.2) is 12.5 Å². The Balaban J connectivity index is 2.36. The van der Waals surface area contributed by atoms with Crippen LogP contribution in [0.2, 0.25) is 0 Å². The molecule has 1 amide bonds. The molecule has 0 saturated carbocycles. The summed E-state index contributed by atoms with van der Waals surface area (Å²) in [5.41, 5.74) is 0.483. The van der Waals surface area contributed by atoms with E-state index in [1.807, 2.05) is 7.05 Å². The molecule has 0 saturated heterocycles. The molecule has 1 rings (SSSR count). The van der Waals surface area contributed by atoms with E-state index in [2.05, 4.69) is 24.1 Å². The van der Waals surface area contributed by atoms with Crippen LogP contribution in [0.4, 0.5) is 0 Å². The Kier molecular flexibility index (Phi) is 3.68. The zero-order chi connectivity index (χ0) is 10.6. The highest BCUT2D eigenvalue weighted by molar-refractivity contribution is 5.91. The van der Waals surface area contributed by atoms with E-state index in [0.29, 0.717) is 18.2 Å². The maximum atomic E-state index is 11.5. The summed E-state index contributed by atoms with van der Waals surface area (Å²) in [6.07, 6.45) is 4.33. The Morgan fingerprint density at radius 2 is 2.36 bits per heavy atom. The molecule has 0 aliphatic heterocycles. The molecule has 14 heavy (non-hydrogen) atoms. The second kappa shape index (κ2) is 4.79. The Morgan fingerprint density at radius 1 is 1.64 bits per heavy atom. The number of aromatic nitrogens is 2. The van der Waals surface area contributed by atoms with E-state index in [1.165, 1.54) is 0 Å². The van der Waals surface area contributed by atoms with Crippen molar-refractivity contribution < 1.29 is 4.79 Å². The first-order valence-electron chi connectivity index (χ1n) is 4.85. The number of hydrogen-bond donors (Lipinski definition) is 1. The highest BCUT2D eigenvalue weighted by Gasteiger charge is 2.07. The number of imidazole rings is 1. The topological polar surface area (TPSA) is 46.9 Å². The number of aryl methyl sites for hydroxylation is 1. The summed E-state index contributed by atoms with van der Waals surface area (Å²) in [5.74, 6) is 0.519. The van der Waals surface area contributed by atoms with E-state index >= 15 is 0 Å². The molecule has 0 aliphatic rings. The lowest BCUT2D eigenvalue weighted by molar-refractivity contribution is 0.0947. The van der Waals surface area contributed by atoms with Gasteiger partial charge in [-0.3, -0.25) is 4.79 Å². The minimum atomic E-state index is -0.0914. The van der Waals surface area contributed by atoms with Gasteiger partial charge in [0.25, 0.3) is 5.91 Å². The van der Waals surface area contributed by atoms with Crippen LogP contribution in [-0.2, 0) is 7.05 Å². The van der Waals surface area contributed by atoms with Gasteiger partial charge in [0.15, 0.2) is 0 Å². The molecule has 0 fully saturated rings. The highest BCUT2D eigenvalue weighted by atomic mass is 16.1. The van der Waals surface area contributed by atoms with E-state index in [4.69, 9.17) is 0 Å². The van der Waals surface area contributed by atoms with Gasteiger partial charge in [0.1, 0.15) is 5.69 Å². The van der Waals surface area contributed by atoms with Gasteiger partial charge in [-0.2, -0.15) is 0 Å². The van der Waals surface area contributed by atoms with Crippen molar-refractivity contribution in [3.05, 3.63) is 18.2 Å². The monoisotopic (exact) mass is 195 g/mol. The molecule has 1 heterocycles. The third-order valence-corrected chi connectivity index (χ3v) is 1.94. The smallest absolute Gasteiger partial charge is 0.271 e. The number of hydrogen-bond acceptors (Lipinski definition) is 2. The van der Waals surface area contributed by atoms with Crippen molar-refractivity contribution in [2.75, 3.05) is 6.54 Å². The fraction of sp³-hybridized carbons (Fsp3) is 0.600. The van der Waals surface area contributed by atoms with Gasteiger partial charge in [0, 0.05) is 19.8 Å². The summed E-state index contributed by atoms with van der Waals surface area (Å²) in [6.45, 7) is 4.98. The molecule has 0 aromatic carbocycles. The normalized spacial score (nSPS) is 10.6. The van der Waals surface area contributed by atoms with Crippen LogP contribution in [0.5, 0.6) is 0 Å². The molecule has 0 spiro atoms. The van der Waals surface area contributed by atoms with Gasteiger partial charge < -0.3 is 9.88 Å². The maximum Gasteiger partial charge on any atom is 0.271 e. The summed E-state index contributed by atoms with van der Waals surface area (Å²) in [7, 11) is 1.85. The average Bonchev–Trinajstić information content (AvgIpc) is 2.51. The molecule has 1 aromatic rings. The molecule has 4 nitrogen and oxygen atoms in total. The predicted molar refractivity (Wildman–Crippen MR) is 55.0 cm³/mol. The van der Waals surface area contributed by atoms with Crippen molar-refractivity contribution >= 4 is 5.91 Å². The molecule has 1 N–H and O–H groups in total.